The Morgan fingerprint density at radius 2 is 1.75 bits per heavy atom. The second-order valence-electron chi connectivity index (χ2n) is 9.04. The molecule has 1 fully saturated rings. The number of rotatable bonds is 10. The van der Waals surface area contributed by atoms with Crippen molar-refractivity contribution in [3.8, 4) is 5.75 Å². The van der Waals surface area contributed by atoms with Crippen LogP contribution in [0.1, 0.15) is 51.0 Å². The van der Waals surface area contributed by atoms with Crippen LogP contribution in [0.5, 0.6) is 5.75 Å². The summed E-state index contributed by atoms with van der Waals surface area (Å²) in [5, 5.41) is 0. The van der Waals surface area contributed by atoms with Crippen LogP contribution in [0.2, 0.25) is 0 Å². The summed E-state index contributed by atoms with van der Waals surface area (Å²) in [6, 6.07) is 19.7. The summed E-state index contributed by atoms with van der Waals surface area (Å²) in [5.41, 5.74) is 0.732. The number of para-hydroxylation sites is 1. The standard InChI is InChI=1S/C27H36N2O3/c1-3-4-16-25(30)29-18-11-17-27(21-29,22-32-24-14-9-6-10-15-24)19-26(31)28(2)20-23-12-7-5-8-13-23/h5-10,12-15H,3-4,11,16-22H2,1-2H3/t27-/m0/s1. The summed E-state index contributed by atoms with van der Waals surface area (Å²) in [4.78, 5) is 29.8. The predicted octanol–water partition coefficient (Wildman–Crippen LogP) is 4.91. The molecule has 3 rings (SSSR count). The van der Waals surface area contributed by atoms with Gasteiger partial charge in [-0.15, -0.1) is 0 Å². The molecule has 0 spiro atoms. The van der Waals surface area contributed by atoms with Crippen molar-refractivity contribution in [2.75, 3.05) is 26.7 Å². The highest BCUT2D eigenvalue weighted by Gasteiger charge is 2.40. The first-order valence-corrected chi connectivity index (χ1v) is 11.7. The Balaban J connectivity index is 1.72. The van der Waals surface area contributed by atoms with E-state index in [1.165, 1.54) is 0 Å². The number of likely N-dealkylation sites (tertiary alicyclic amines) is 1. The van der Waals surface area contributed by atoms with E-state index in [9.17, 15) is 9.59 Å². The lowest BCUT2D eigenvalue weighted by molar-refractivity contribution is -0.141. The number of unbranched alkanes of at least 4 members (excludes halogenated alkanes) is 1. The Kier molecular flexibility index (Phi) is 8.72. The number of piperidine rings is 1. The number of ether oxygens (including phenoxy) is 1. The molecule has 1 heterocycles. The summed E-state index contributed by atoms with van der Waals surface area (Å²) < 4.78 is 6.15. The number of benzene rings is 2. The SMILES string of the molecule is CCCCC(=O)N1CCC[C@](COc2ccccc2)(CC(=O)N(C)Cc2ccccc2)C1. The number of hydrogen-bond acceptors (Lipinski definition) is 3. The Morgan fingerprint density at radius 1 is 1.06 bits per heavy atom. The van der Waals surface area contributed by atoms with Crippen LogP contribution < -0.4 is 4.74 Å². The second kappa shape index (κ2) is 11.7. The van der Waals surface area contributed by atoms with E-state index in [-0.39, 0.29) is 17.2 Å². The average Bonchev–Trinajstić information content (AvgIpc) is 2.82. The minimum Gasteiger partial charge on any atom is -0.493 e. The molecular weight excluding hydrogens is 400 g/mol. The molecule has 5 heteroatoms. The molecule has 2 amide bonds. The molecule has 0 radical (unpaired) electrons. The normalized spacial score (nSPS) is 18.2. The topological polar surface area (TPSA) is 49.9 Å². The zero-order valence-electron chi connectivity index (χ0n) is 19.5. The van der Waals surface area contributed by atoms with Gasteiger partial charge in [-0.2, -0.15) is 0 Å². The molecule has 1 aliphatic rings. The van der Waals surface area contributed by atoms with Gasteiger partial charge in [0.1, 0.15) is 5.75 Å². The largest absolute Gasteiger partial charge is 0.493 e. The molecule has 0 unspecified atom stereocenters. The quantitative estimate of drug-likeness (QED) is 0.532. The van der Waals surface area contributed by atoms with E-state index in [2.05, 4.69) is 6.92 Å². The summed E-state index contributed by atoms with van der Waals surface area (Å²) in [6.45, 7) is 4.45. The first-order valence-electron chi connectivity index (χ1n) is 11.7. The summed E-state index contributed by atoms with van der Waals surface area (Å²) in [7, 11) is 1.86. The van der Waals surface area contributed by atoms with Crippen molar-refractivity contribution in [1.29, 1.82) is 0 Å². The Hall–Kier alpha value is -2.82. The maximum atomic E-state index is 13.2. The number of amides is 2. The van der Waals surface area contributed by atoms with Gasteiger partial charge in [-0.1, -0.05) is 61.9 Å². The van der Waals surface area contributed by atoms with Crippen molar-refractivity contribution < 1.29 is 14.3 Å². The number of carbonyl (C=O) groups excluding carboxylic acids is 2. The van der Waals surface area contributed by atoms with Crippen LogP contribution in [0.3, 0.4) is 0 Å². The van der Waals surface area contributed by atoms with Crippen molar-refractivity contribution in [2.45, 2.75) is 52.0 Å². The number of nitrogens with zero attached hydrogens (tertiary/aromatic N) is 2. The third-order valence-electron chi connectivity index (χ3n) is 6.26. The van der Waals surface area contributed by atoms with Gasteiger partial charge in [0.05, 0.1) is 6.61 Å². The molecule has 0 N–H and O–H groups in total. The van der Waals surface area contributed by atoms with Crippen LogP contribution in [-0.4, -0.2) is 48.4 Å². The molecule has 1 atom stereocenters. The van der Waals surface area contributed by atoms with E-state index in [4.69, 9.17) is 4.74 Å². The van der Waals surface area contributed by atoms with Crippen LogP contribution in [0.15, 0.2) is 60.7 Å². The van der Waals surface area contributed by atoms with E-state index in [1.54, 1.807) is 4.90 Å². The molecule has 2 aromatic carbocycles. The zero-order chi connectivity index (χ0) is 22.8. The molecule has 2 aromatic rings. The van der Waals surface area contributed by atoms with Gasteiger partial charge in [0, 0.05) is 44.9 Å². The lowest BCUT2D eigenvalue weighted by atomic mass is 9.77. The van der Waals surface area contributed by atoms with Gasteiger partial charge in [-0.25, -0.2) is 0 Å². The Labute approximate surface area is 192 Å². The van der Waals surface area contributed by atoms with E-state index >= 15 is 0 Å². The van der Waals surface area contributed by atoms with Gasteiger partial charge in [-0.3, -0.25) is 9.59 Å². The lowest BCUT2D eigenvalue weighted by Gasteiger charge is -2.43. The number of hydrogen-bond donors (Lipinski definition) is 0. The van der Waals surface area contributed by atoms with E-state index in [0.29, 0.717) is 32.5 Å². The van der Waals surface area contributed by atoms with Crippen molar-refractivity contribution in [1.82, 2.24) is 9.80 Å². The molecule has 5 nitrogen and oxygen atoms in total. The maximum Gasteiger partial charge on any atom is 0.223 e. The third kappa shape index (κ3) is 6.84. The Bertz CT molecular complexity index is 856. The molecule has 1 saturated heterocycles. The lowest BCUT2D eigenvalue weighted by Crippen LogP contribution is -2.50. The van der Waals surface area contributed by atoms with Gasteiger partial charge in [0.25, 0.3) is 0 Å². The van der Waals surface area contributed by atoms with Gasteiger partial charge in [0.2, 0.25) is 11.8 Å². The Morgan fingerprint density at radius 3 is 2.44 bits per heavy atom. The van der Waals surface area contributed by atoms with Gasteiger partial charge >= 0.3 is 0 Å². The minimum atomic E-state index is -0.377. The first-order chi connectivity index (χ1) is 15.5. The minimum absolute atomic E-state index is 0.0911. The van der Waals surface area contributed by atoms with Crippen LogP contribution >= 0.6 is 0 Å². The van der Waals surface area contributed by atoms with Crippen LogP contribution in [0, 0.1) is 5.41 Å². The third-order valence-corrected chi connectivity index (χ3v) is 6.26. The maximum absolute atomic E-state index is 13.2. The van der Waals surface area contributed by atoms with E-state index in [0.717, 1.165) is 43.5 Å². The van der Waals surface area contributed by atoms with Crippen molar-refractivity contribution in [3.63, 3.8) is 0 Å². The van der Waals surface area contributed by atoms with Crippen molar-refractivity contribution in [2.24, 2.45) is 5.41 Å². The molecule has 0 aromatic heterocycles. The van der Waals surface area contributed by atoms with Crippen molar-refractivity contribution in [3.05, 3.63) is 66.2 Å². The predicted molar refractivity (Wildman–Crippen MR) is 127 cm³/mol. The fourth-order valence-corrected chi connectivity index (χ4v) is 4.37. The summed E-state index contributed by atoms with van der Waals surface area (Å²) in [5.74, 6) is 1.08. The molecular formula is C27H36N2O3. The van der Waals surface area contributed by atoms with Crippen LogP contribution in [0.4, 0.5) is 0 Å². The van der Waals surface area contributed by atoms with E-state index in [1.807, 2.05) is 72.6 Å². The smallest absolute Gasteiger partial charge is 0.223 e. The average molecular weight is 437 g/mol. The van der Waals surface area contributed by atoms with Gasteiger partial charge < -0.3 is 14.5 Å². The van der Waals surface area contributed by atoms with Gasteiger partial charge in [-0.05, 0) is 37.0 Å². The van der Waals surface area contributed by atoms with Crippen LogP contribution in [0.25, 0.3) is 0 Å². The van der Waals surface area contributed by atoms with Gasteiger partial charge in [0.15, 0.2) is 0 Å². The first kappa shape index (κ1) is 23.8. The molecule has 32 heavy (non-hydrogen) atoms. The highest BCUT2D eigenvalue weighted by atomic mass is 16.5. The molecule has 1 aliphatic heterocycles. The van der Waals surface area contributed by atoms with Crippen molar-refractivity contribution >= 4 is 11.8 Å². The number of carbonyl (C=O) groups is 2. The summed E-state index contributed by atoms with van der Waals surface area (Å²) in [6.07, 6.45) is 4.63. The molecule has 0 aliphatic carbocycles. The van der Waals surface area contributed by atoms with E-state index < -0.39 is 0 Å². The molecule has 0 saturated carbocycles. The summed E-state index contributed by atoms with van der Waals surface area (Å²) >= 11 is 0. The zero-order valence-corrected chi connectivity index (χ0v) is 19.5. The fourth-order valence-electron chi connectivity index (χ4n) is 4.37. The molecule has 172 valence electrons. The highest BCUT2D eigenvalue weighted by Crippen LogP contribution is 2.35. The highest BCUT2D eigenvalue weighted by molar-refractivity contribution is 5.78. The fraction of sp³-hybridized carbons (Fsp3) is 0.481. The molecule has 0 bridgehead atoms. The van der Waals surface area contributed by atoms with Crippen LogP contribution in [-0.2, 0) is 16.1 Å². The monoisotopic (exact) mass is 436 g/mol. The second-order valence-corrected chi connectivity index (χ2v) is 9.04.